The molecule has 1 aromatic heterocycles. The van der Waals surface area contributed by atoms with E-state index in [4.69, 9.17) is 5.73 Å². The summed E-state index contributed by atoms with van der Waals surface area (Å²) in [5, 5.41) is 0. The first-order valence-electron chi connectivity index (χ1n) is 6.67. The summed E-state index contributed by atoms with van der Waals surface area (Å²) in [6.45, 7) is 3.87. The van der Waals surface area contributed by atoms with Gasteiger partial charge in [0, 0.05) is 38.6 Å². The van der Waals surface area contributed by atoms with Crippen LogP contribution in [0.3, 0.4) is 0 Å². The van der Waals surface area contributed by atoms with E-state index in [0.29, 0.717) is 17.7 Å². The Labute approximate surface area is 114 Å². The molecule has 0 aromatic carbocycles. The van der Waals surface area contributed by atoms with Crippen molar-refractivity contribution in [3.05, 3.63) is 24.0 Å². The Balaban J connectivity index is 2.22. The maximum Gasteiger partial charge on any atom is 0.272 e. The molecule has 0 radical (unpaired) electrons. The molecule has 2 atom stereocenters. The van der Waals surface area contributed by atoms with Crippen LogP contribution >= 0.6 is 0 Å². The van der Waals surface area contributed by atoms with Crippen LogP contribution in [0, 0.1) is 5.92 Å². The zero-order chi connectivity index (χ0) is 14.0. The molecule has 2 heterocycles. The first kappa shape index (κ1) is 13.8. The molecule has 5 heteroatoms. The molecule has 5 nitrogen and oxygen atoms in total. The maximum absolute atomic E-state index is 11.9. The predicted molar refractivity (Wildman–Crippen MR) is 76.2 cm³/mol. The van der Waals surface area contributed by atoms with Crippen molar-refractivity contribution < 1.29 is 4.79 Å². The number of aromatic nitrogens is 1. The average molecular weight is 262 g/mol. The number of hydrogen-bond donors (Lipinski definition) is 1. The molecule has 0 saturated carbocycles. The molecule has 1 aliphatic heterocycles. The summed E-state index contributed by atoms with van der Waals surface area (Å²) in [6.07, 6.45) is 2.81. The lowest BCUT2D eigenvalue weighted by Crippen LogP contribution is -2.28. The normalized spacial score (nSPS) is 22.6. The van der Waals surface area contributed by atoms with Gasteiger partial charge in [-0.2, -0.15) is 0 Å². The lowest BCUT2D eigenvalue weighted by Gasteiger charge is -2.24. The van der Waals surface area contributed by atoms with Crippen LogP contribution in [-0.2, 0) is 0 Å². The number of hydrogen-bond acceptors (Lipinski definition) is 4. The Morgan fingerprint density at radius 2 is 2.32 bits per heavy atom. The molecule has 1 aromatic rings. The Hall–Kier alpha value is -1.62. The predicted octanol–water partition coefficient (Wildman–Crippen LogP) is 0.957. The minimum atomic E-state index is -0.0657. The number of carbonyl (C=O) groups is 1. The zero-order valence-electron chi connectivity index (χ0n) is 11.8. The highest BCUT2D eigenvalue weighted by molar-refractivity contribution is 5.92. The van der Waals surface area contributed by atoms with E-state index >= 15 is 0 Å². The van der Waals surface area contributed by atoms with Crippen molar-refractivity contribution in [3.8, 4) is 0 Å². The molecule has 2 rings (SSSR count). The Bertz CT molecular complexity index is 461. The van der Waals surface area contributed by atoms with Gasteiger partial charge < -0.3 is 15.5 Å². The highest BCUT2D eigenvalue weighted by Gasteiger charge is 2.28. The van der Waals surface area contributed by atoms with Crippen molar-refractivity contribution in [2.45, 2.75) is 19.4 Å². The van der Waals surface area contributed by atoms with Gasteiger partial charge in [-0.15, -0.1) is 0 Å². The van der Waals surface area contributed by atoms with E-state index < -0.39 is 0 Å². The fraction of sp³-hybridized carbons (Fsp3) is 0.571. The molecule has 104 valence electrons. The van der Waals surface area contributed by atoms with Crippen LogP contribution in [-0.4, -0.2) is 49.0 Å². The van der Waals surface area contributed by atoms with Crippen LogP contribution < -0.4 is 10.6 Å². The summed E-state index contributed by atoms with van der Waals surface area (Å²) in [7, 11) is 3.47. The molecule has 2 N–H and O–H groups in total. The number of rotatable bonds is 3. The third-order valence-corrected chi connectivity index (χ3v) is 3.70. The van der Waals surface area contributed by atoms with E-state index in [-0.39, 0.29) is 5.91 Å². The van der Waals surface area contributed by atoms with Gasteiger partial charge in [-0.3, -0.25) is 9.78 Å². The van der Waals surface area contributed by atoms with Crippen LogP contribution in [0.2, 0.25) is 0 Å². The van der Waals surface area contributed by atoms with Crippen LogP contribution in [0.15, 0.2) is 18.3 Å². The molecule has 1 amide bonds. The second-order valence-electron chi connectivity index (χ2n) is 5.44. The topological polar surface area (TPSA) is 62.5 Å². The van der Waals surface area contributed by atoms with Gasteiger partial charge in [-0.1, -0.05) is 0 Å². The lowest BCUT2D eigenvalue weighted by molar-refractivity contribution is 0.0822. The van der Waals surface area contributed by atoms with E-state index in [9.17, 15) is 4.79 Å². The lowest BCUT2D eigenvalue weighted by atomic mass is 10.1. The molecule has 1 fully saturated rings. The van der Waals surface area contributed by atoms with Gasteiger partial charge in [0.05, 0.1) is 0 Å². The molecular formula is C14H22N4O. The van der Waals surface area contributed by atoms with Gasteiger partial charge in [0.1, 0.15) is 5.69 Å². The van der Waals surface area contributed by atoms with Crippen LogP contribution in [0.4, 0.5) is 5.69 Å². The van der Waals surface area contributed by atoms with E-state index in [2.05, 4.69) is 16.8 Å². The van der Waals surface area contributed by atoms with Gasteiger partial charge in [-0.25, -0.2) is 0 Å². The summed E-state index contributed by atoms with van der Waals surface area (Å²) in [4.78, 5) is 19.9. The fourth-order valence-electron chi connectivity index (χ4n) is 2.62. The standard InChI is InChI=1S/C14H22N4O/c1-10-6-11(8-15)9-18(10)12-4-5-16-13(7-12)14(19)17(2)3/h4-5,7,10-11H,6,8-9,15H2,1-3H3. The molecule has 0 aliphatic carbocycles. The first-order valence-corrected chi connectivity index (χ1v) is 6.67. The maximum atomic E-state index is 11.9. The van der Waals surface area contributed by atoms with Crippen molar-refractivity contribution >= 4 is 11.6 Å². The quantitative estimate of drug-likeness (QED) is 0.881. The summed E-state index contributed by atoms with van der Waals surface area (Å²) in [5.41, 5.74) is 7.30. The Morgan fingerprint density at radius 3 is 2.89 bits per heavy atom. The molecular weight excluding hydrogens is 240 g/mol. The second-order valence-corrected chi connectivity index (χ2v) is 5.44. The summed E-state index contributed by atoms with van der Waals surface area (Å²) in [6, 6.07) is 4.29. The highest BCUT2D eigenvalue weighted by Crippen LogP contribution is 2.28. The molecule has 1 aliphatic rings. The van der Waals surface area contributed by atoms with E-state index in [1.54, 1.807) is 25.2 Å². The van der Waals surface area contributed by atoms with Crippen molar-refractivity contribution in [1.82, 2.24) is 9.88 Å². The number of carbonyl (C=O) groups excluding carboxylic acids is 1. The van der Waals surface area contributed by atoms with E-state index in [0.717, 1.165) is 25.2 Å². The third kappa shape index (κ3) is 2.87. The first-order chi connectivity index (χ1) is 9.02. The number of pyridine rings is 1. The minimum Gasteiger partial charge on any atom is -0.368 e. The minimum absolute atomic E-state index is 0.0657. The van der Waals surface area contributed by atoms with Gasteiger partial charge in [-0.05, 0) is 37.9 Å². The largest absolute Gasteiger partial charge is 0.368 e. The smallest absolute Gasteiger partial charge is 0.272 e. The molecule has 1 saturated heterocycles. The molecule has 0 spiro atoms. The highest BCUT2D eigenvalue weighted by atomic mass is 16.2. The molecule has 19 heavy (non-hydrogen) atoms. The van der Waals surface area contributed by atoms with Crippen molar-refractivity contribution in [1.29, 1.82) is 0 Å². The van der Waals surface area contributed by atoms with E-state index in [1.165, 1.54) is 0 Å². The molecule has 2 unspecified atom stereocenters. The van der Waals surface area contributed by atoms with Gasteiger partial charge in [0.25, 0.3) is 5.91 Å². The number of nitrogens with two attached hydrogens (primary N) is 1. The fourth-order valence-corrected chi connectivity index (χ4v) is 2.62. The van der Waals surface area contributed by atoms with Crippen LogP contribution in [0.25, 0.3) is 0 Å². The van der Waals surface area contributed by atoms with Crippen molar-refractivity contribution in [2.24, 2.45) is 11.7 Å². The van der Waals surface area contributed by atoms with Gasteiger partial charge in [0.2, 0.25) is 0 Å². The monoisotopic (exact) mass is 262 g/mol. The second kappa shape index (κ2) is 5.57. The molecule has 0 bridgehead atoms. The number of anilines is 1. The van der Waals surface area contributed by atoms with E-state index in [1.807, 2.05) is 12.1 Å². The van der Waals surface area contributed by atoms with Gasteiger partial charge in [0.15, 0.2) is 0 Å². The summed E-state index contributed by atoms with van der Waals surface area (Å²) < 4.78 is 0. The van der Waals surface area contributed by atoms with Crippen LogP contribution in [0.1, 0.15) is 23.8 Å². The summed E-state index contributed by atoms with van der Waals surface area (Å²) in [5.74, 6) is 0.472. The number of nitrogens with zero attached hydrogens (tertiary/aromatic N) is 3. The van der Waals surface area contributed by atoms with Crippen LogP contribution in [0.5, 0.6) is 0 Å². The third-order valence-electron chi connectivity index (χ3n) is 3.70. The van der Waals surface area contributed by atoms with Crippen molar-refractivity contribution in [3.63, 3.8) is 0 Å². The summed E-state index contributed by atoms with van der Waals surface area (Å²) >= 11 is 0. The average Bonchev–Trinajstić information content (AvgIpc) is 2.79. The SMILES string of the molecule is CC1CC(CN)CN1c1ccnc(C(=O)N(C)C)c1. The number of amides is 1. The zero-order valence-corrected chi connectivity index (χ0v) is 11.8. The van der Waals surface area contributed by atoms with Gasteiger partial charge >= 0.3 is 0 Å². The Kier molecular flexibility index (Phi) is 4.04. The Morgan fingerprint density at radius 1 is 1.58 bits per heavy atom. The van der Waals surface area contributed by atoms with Crippen molar-refractivity contribution in [2.75, 3.05) is 32.1 Å².